The van der Waals surface area contributed by atoms with Crippen LogP contribution in [-0.4, -0.2) is 34.1 Å². The molecule has 3 atom stereocenters. The molecular formula is C20H20N4O4. The molecule has 1 saturated heterocycles. The molecule has 2 amide bonds. The van der Waals surface area contributed by atoms with Crippen LogP contribution in [0, 0.1) is 5.21 Å². The number of benzene rings is 2. The minimum absolute atomic E-state index is 0.165. The third-order valence-electron chi connectivity index (χ3n) is 4.99. The average molecular weight is 380 g/mol. The molecular weight excluding hydrogens is 360 g/mol. The van der Waals surface area contributed by atoms with Crippen molar-refractivity contribution >= 4 is 28.4 Å². The van der Waals surface area contributed by atoms with Crippen molar-refractivity contribution in [1.82, 2.24) is 15.6 Å². The standard InChI is InChI=1S/C20H20N4O4/c25-19-15(9-12-5-2-1-3-6-12)22-20(26)16(23-19)10-13-11-21-14-7-4-8-17(18(13)14)24(27)28/h1-8,11,15-16,21,24,27H,9-10H2,(H,22,26)(H,23,25)/t15-,16-/m0/s1. The van der Waals surface area contributed by atoms with Gasteiger partial charge in [0.1, 0.15) is 12.1 Å². The normalized spacial score (nSPS) is 20.6. The highest BCUT2D eigenvalue weighted by Crippen LogP contribution is 2.25. The van der Waals surface area contributed by atoms with E-state index in [1.165, 1.54) is 6.07 Å². The third kappa shape index (κ3) is 3.48. The van der Waals surface area contributed by atoms with Crippen molar-refractivity contribution in [3.05, 3.63) is 71.1 Å². The predicted octanol–water partition coefficient (Wildman–Crippen LogP) is 0.340. The summed E-state index contributed by atoms with van der Waals surface area (Å²) in [5, 5.41) is 26.0. The monoisotopic (exact) mass is 380 g/mol. The van der Waals surface area contributed by atoms with Crippen LogP contribution in [0.5, 0.6) is 0 Å². The second-order valence-corrected chi connectivity index (χ2v) is 6.86. The lowest BCUT2D eigenvalue weighted by Crippen LogP contribution is -2.99. The summed E-state index contributed by atoms with van der Waals surface area (Å²) >= 11 is 0. The van der Waals surface area contributed by atoms with Crippen LogP contribution < -0.4 is 15.9 Å². The van der Waals surface area contributed by atoms with Gasteiger partial charge in [-0.25, -0.2) is 5.21 Å². The quantitative estimate of drug-likeness (QED) is 0.410. The Labute approximate surface area is 160 Å². The highest BCUT2D eigenvalue weighted by atomic mass is 16.8. The van der Waals surface area contributed by atoms with E-state index in [4.69, 9.17) is 0 Å². The Hall–Kier alpha value is -3.20. The van der Waals surface area contributed by atoms with Gasteiger partial charge in [-0.2, -0.15) is 5.23 Å². The minimum atomic E-state index is -1.04. The molecule has 1 aliphatic rings. The first-order chi connectivity index (χ1) is 13.5. The topological polar surface area (TPSA) is 122 Å². The molecule has 0 spiro atoms. The lowest BCUT2D eigenvalue weighted by molar-refractivity contribution is -0.990. The van der Waals surface area contributed by atoms with Crippen molar-refractivity contribution in [2.24, 2.45) is 0 Å². The molecule has 1 aliphatic heterocycles. The Bertz CT molecular complexity index is 1020. The maximum absolute atomic E-state index is 12.6. The SMILES string of the molecule is O=C1N[C@@H](Cc2c[nH]c3cccc([NH+]([O-])O)c23)C(=O)N[C@H]1Cc1ccccc1. The van der Waals surface area contributed by atoms with Crippen molar-refractivity contribution in [2.75, 3.05) is 0 Å². The number of carbonyl (C=O) groups excluding carboxylic acids is 2. The van der Waals surface area contributed by atoms with Crippen molar-refractivity contribution in [2.45, 2.75) is 24.9 Å². The fraction of sp³-hybridized carbons (Fsp3) is 0.200. The largest absolute Gasteiger partial charge is 0.595 e. The van der Waals surface area contributed by atoms with Crippen LogP contribution in [0.4, 0.5) is 5.69 Å². The molecule has 0 aliphatic carbocycles. The van der Waals surface area contributed by atoms with Crippen molar-refractivity contribution < 1.29 is 20.0 Å². The van der Waals surface area contributed by atoms with Crippen LogP contribution >= 0.6 is 0 Å². The molecule has 2 heterocycles. The second-order valence-electron chi connectivity index (χ2n) is 6.86. The van der Waals surface area contributed by atoms with E-state index >= 15 is 0 Å². The zero-order valence-corrected chi connectivity index (χ0v) is 14.9. The molecule has 8 nitrogen and oxygen atoms in total. The fourth-order valence-corrected chi connectivity index (χ4v) is 3.63. The zero-order valence-electron chi connectivity index (χ0n) is 14.9. The summed E-state index contributed by atoms with van der Waals surface area (Å²) in [4.78, 5) is 28.1. The van der Waals surface area contributed by atoms with E-state index in [0.29, 0.717) is 22.9 Å². The van der Waals surface area contributed by atoms with Gasteiger partial charge < -0.3 is 20.8 Å². The zero-order chi connectivity index (χ0) is 19.7. The van der Waals surface area contributed by atoms with Gasteiger partial charge in [-0.05, 0) is 17.2 Å². The lowest BCUT2D eigenvalue weighted by atomic mass is 9.98. The van der Waals surface area contributed by atoms with Crippen molar-refractivity contribution in [1.29, 1.82) is 0 Å². The van der Waals surface area contributed by atoms with Crippen LogP contribution in [0.1, 0.15) is 11.1 Å². The molecule has 2 aromatic carbocycles. The van der Waals surface area contributed by atoms with Crippen LogP contribution in [0.15, 0.2) is 54.7 Å². The molecule has 3 aromatic rings. The average Bonchev–Trinajstić information content (AvgIpc) is 3.09. The summed E-state index contributed by atoms with van der Waals surface area (Å²) in [6.07, 6.45) is 2.31. The number of nitrogens with one attached hydrogen (secondary N) is 4. The molecule has 0 saturated carbocycles. The third-order valence-corrected chi connectivity index (χ3v) is 4.99. The molecule has 0 radical (unpaired) electrons. The van der Waals surface area contributed by atoms with Gasteiger partial charge in [-0.15, -0.1) is 0 Å². The molecule has 4 rings (SSSR count). The maximum Gasteiger partial charge on any atom is 0.243 e. The number of hydrogen-bond acceptors (Lipinski definition) is 4. The minimum Gasteiger partial charge on any atom is -0.595 e. The number of amides is 2. The molecule has 8 heteroatoms. The van der Waals surface area contributed by atoms with E-state index in [-0.39, 0.29) is 23.9 Å². The summed E-state index contributed by atoms with van der Waals surface area (Å²) in [5.41, 5.74) is 2.48. The number of fused-ring (bicyclic) bond motifs is 1. The molecule has 1 fully saturated rings. The van der Waals surface area contributed by atoms with Gasteiger partial charge in [0.05, 0.1) is 10.9 Å². The summed E-state index contributed by atoms with van der Waals surface area (Å²) in [6.45, 7) is 0. The Morgan fingerprint density at radius 2 is 1.61 bits per heavy atom. The number of quaternary nitrogens is 1. The number of piperazine rings is 1. The summed E-state index contributed by atoms with van der Waals surface area (Å²) in [6, 6.07) is 13.1. The van der Waals surface area contributed by atoms with Gasteiger partial charge >= 0.3 is 0 Å². The highest BCUT2D eigenvalue weighted by Gasteiger charge is 2.34. The maximum atomic E-state index is 12.6. The molecule has 1 unspecified atom stereocenters. The van der Waals surface area contributed by atoms with E-state index in [1.807, 2.05) is 30.3 Å². The Balaban J connectivity index is 1.52. The van der Waals surface area contributed by atoms with Gasteiger partial charge in [0, 0.05) is 25.1 Å². The second kappa shape index (κ2) is 7.43. The highest BCUT2D eigenvalue weighted by molar-refractivity contribution is 5.98. The van der Waals surface area contributed by atoms with Crippen LogP contribution in [0.25, 0.3) is 10.9 Å². The number of hydrogen-bond donors (Lipinski definition) is 5. The van der Waals surface area contributed by atoms with E-state index in [0.717, 1.165) is 5.56 Å². The number of carbonyl (C=O) groups is 2. The van der Waals surface area contributed by atoms with E-state index in [1.54, 1.807) is 18.3 Å². The van der Waals surface area contributed by atoms with Gasteiger partial charge in [-0.3, -0.25) is 9.59 Å². The van der Waals surface area contributed by atoms with Crippen LogP contribution in [0.2, 0.25) is 0 Å². The molecule has 28 heavy (non-hydrogen) atoms. The van der Waals surface area contributed by atoms with E-state index in [2.05, 4.69) is 15.6 Å². The van der Waals surface area contributed by atoms with Crippen molar-refractivity contribution in [3.63, 3.8) is 0 Å². The van der Waals surface area contributed by atoms with Crippen LogP contribution in [-0.2, 0) is 22.4 Å². The van der Waals surface area contributed by atoms with Gasteiger partial charge in [0.2, 0.25) is 11.8 Å². The number of rotatable bonds is 5. The number of aromatic amines is 1. The summed E-state index contributed by atoms with van der Waals surface area (Å²) in [7, 11) is 0. The molecule has 0 bridgehead atoms. The predicted molar refractivity (Wildman–Crippen MR) is 102 cm³/mol. The lowest BCUT2D eigenvalue weighted by Gasteiger charge is -2.29. The first-order valence-electron chi connectivity index (χ1n) is 9.00. The fourth-order valence-electron chi connectivity index (χ4n) is 3.63. The van der Waals surface area contributed by atoms with E-state index in [9.17, 15) is 20.0 Å². The van der Waals surface area contributed by atoms with E-state index < -0.39 is 17.3 Å². The Kier molecular flexibility index (Phi) is 4.82. The Morgan fingerprint density at radius 3 is 2.29 bits per heavy atom. The Morgan fingerprint density at radius 1 is 0.929 bits per heavy atom. The smallest absolute Gasteiger partial charge is 0.243 e. The summed E-state index contributed by atoms with van der Waals surface area (Å²) in [5.74, 6) is -0.519. The number of aromatic nitrogens is 1. The van der Waals surface area contributed by atoms with Gasteiger partial charge in [0.15, 0.2) is 5.69 Å². The van der Waals surface area contributed by atoms with Crippen molar-refractivity contribution in [3.8, 4) is 0 Å². The molecule has 144 valence electrons. The summed E-state index contributed by atoms with van der Waals surface area (Å²) < 4.78 is 0. The number of H-pyrrole nitrogens is 1. The van der Waals surface area contributed by atoms with Crippen LogP contribution in [0.3, 0.4) is 0 Å². The van der Waals surface area contributed by atoms with Gasteiger partial charge in [-0.1, -0.05) is 36.4 Å². The first-order valence-corrected chi connectivity index (χ1v) is 9.00. The first kappa shape index (κ1) is 18.2. The molecule has 1 aromatic heterocycles. The molecule has 5 N–H and O–H groups in total. The van der Waals surface area contributed by atoms with Gasteiger partial charge in [0.25, 0.3) is 0 Å².